The molecule has 0 radical (unpaired) electrons. The van der Waals surface area contributed by atoms with Crippen molar-refractivity contribution >= 4 is 17.9 Å². The highest BCUT2D eigenvalue weighted by Crippen LogP contribution is 1.98. The number of nitrogens with one attached hydrogen (secondary N) is 3. The van der Waals surface area contributed by atoms with Crippen molar-refractivity contribution in [1.82, 2.24) is 16.0 Å². The molecule has 0 aliphatic carbocycles. The van der Waals surface area contributed by atoms with Crippen LogP contribution >= 0.6 is 0 Å². The van der Waals surface area contributed by atoms with Crippen molar-refractivity contribution in [2.75, 3.05) is 13.1 Å². The fraction of sp³-hybridized carbons (Fsp3) is 0.750. The van der Waals surface area contributed by atoms with Gasteiger partial charge in [-0.05, 0) is 20.8 Å². The molecule has 1 unspecified atom stereocenters. The lowest BCUT2D eigenvalue weighted by Gasteiger charge is -2.20. The largest absolute Gasteiger partial charge is 0.481 e. The van der Waals surface area contributed by atoms with Gasteiger partial charge in [0, 0.05) is 25.0 Å². The summed E-state index contributed by atoms with van der Waals surface area (Å²) in [5.74, 6) is -1.76. The average molecular weight is 273 g/mol. The molecule has 0 saturated heterocycles. The summed E-state index contributed by atoms with van der Waals surface area (Å²) < 4.78 is 0. The highest BCUT2D eigenvalue weighted by atomic mass is 16.4. The van der Waals surface area contributed by atoms with E-state index in [0.29, 0.717) is 0 Å². The normalized spacial score (nSPS) is 12.4. The number of urea groups is 1. The molecule has 0 aromatic carbocycles. The van der Waals surface area contributed by atoms with Gasteiger partial charge in [0.05, 0.1) is 5.92 Å². The minimum Gasteiger partial charge on any atom is -0.481 e. The molecule has 4 N–H and O–H groups in total. The van der Waals surface area contributed by atoms with Gasteiger partial charge in [-0.3, -0.25) is 9.59 Å². The van der Waals surface area contributed by atoms with E-state index in [1.165, 1.54) is 6.92 Å². The quantitative estimate of drug-likeness (QED) is 0.558. The number of aliphatic carboxylic acids is 1. The Morgan fingerprint density at radius 1 is 1.16 bits per heavy atom. The molecule has 0 bridgehead atoms. The van der Waals surface area contributed by atoms with E-state index in [0.717, 1.165) is 0 Å². The standard InChI is InChI=1S/C12H23N3O4/c1-8(10(17)18)7-14-11(19)13-6-5-9(16)15-12(2,3)4/h8H,5-7H2,1-4H3,(H,15,16)(H,17,18)(H2,13,14,19). The van der Waals surface area contributed by atoms with Gasteiger partial charge in [0.2, 0.25) is 5.91 Å². The van der Waals surface area contributed by atoms with E-state index >= 15 is 0 Å². The third kappa shape index (κ3) is 9.87. The van der Waals surface area contributed by atoms with Crippen LogP contribution in [0.15, 0.2) is 0 Å². The Labute approximate surface area is 113 Å². The molecule has 0 rings (SSSR count). The van der Waals surface area contributed by atoms with Crippen molar-refractivity contribution in [2.24, 2.45) is 5.92 Å². The summed E-state index contributed by atoms with van der Waals surface area (Å²) in [4.78, 5) is 33.2. The Bertz CT molecular complexity index is 336. The molecule has 0 aliphatic heterocycles. The molecule has 0 spiro atoms. The van der Waals surface area contributed by atoms with E-state index in [4.69, 9.17) is 5.11 Å². The van der Waals surface area contributed by atoms with Gasteiger partial charge in [0.15, 0.2) is 0 Å². The topological polar surface area (TPSA) is 108 Å². The maximum Gasteiger partial charge on any atom is 0.314 e. The molecule has 7 heteroatoms. The average Bonchev–Trinajstić information content (AvgIpc) is 2.23. The van der Waals surface area contributed by atoms with E-state index in [-0.39, 0.29) is 31.0 Å². The zero-order valence-corrected chi connectivity index (χ0v) is 11.9. The lowest BCUT2D eigenvalue weighted by Crippen LogP contribution is -2.43. The third-order valence-corrected chi connectivity index (χ3v) is 2.14. The molecule has 0 aromatic rings. The number of hydrogen-bond donors (Lipinski definition) is 4. The van der Waals surface area contributed by atoms with Crippen LogP contribution in [0.5, 0.6) is 0 Å². The number of hydrogen-bond acceptors (Lipinski definition) is 3. The Morgan fingerprint density at radius 3 is 2.21 bits per heavy atom. The summed E-state index contributed by atoms with van der Waals surface area (Å²) in [5.41, 5.74) is -0.295. The second-order valence-corrected chi connectivity index (χ2v) is 5.42. The van der Waals surface area contributed by atoms with E-state index in [1.807, 2.05) is 20.8 Å². The number of carbonyl (C=O) groups excluding carboxylic acids is 2. The highest BCUT2D eigenvalue weighted by Gasteiger charge is 2.14. The maximum absolute atomic E-state index is 11.4. The number of carbonyl (C=O) groups is 3. The highest BCUT2D eigenvalue weighted by molar-refractivity contribution is 5.79. The van der Waals surface area contributed by atoms with Crippen LogP contribution in [0.4, 0.5) is 4.79 Å². The molecule has 0 heterocycles. The van der Waals surface area contributed by atoms with Gasteiger partial charge in [0.1, 0.15) is 0 Å². The van der Waals surface area contributed by atoms with Gasteiger partial charge >= 0.3 is 12.0 Å². The van der Waals surface area contributed by atoms with Crippen molar-refractivity contribution < 1.29 is 19.5 Å². The molecular formula is C12H23N3O4. The Kier molecular flexibility index (Phi) is 6.89. The molecule has 0 fully saturated rings. The first-order valence-corrected chi connectivity index (χ1v) is 6.17. The summed E-state index contributed by atoms with van der Waals surface area (Å²) in [7, 11) is 0. The Morgan fingerprint density at radius 2 is 1.74 bits per heavy atom. The van der Waals surface area contributed by atoms with E-state index in [2.05, 4.69) is 16.0 Å². The lowest BCUT2D eigenvalue weighted by atomic mass is 10.1. The van der Waals surface area contributed by atoms with Gasteiger partial charge in [-0.15, -0.1) is 0 Å². The monoisotopic (exact) mass is 273 g/mol. The van der Waals surface area contributed by atoms with Gasteiger partial charge in [0.25, 0.3) is 0 Å². The second-order valence-electron chi connectivity index (χ2n) is 5.42. The van der Waals surface area contributed by atoms with E-state index in [1.54, 1.807) is 0 Å². The van der Waals surface area contributed by atoms with Crippen molar-refractivity contribution in [3.8, 4) is 0 Å². The molecule has 0 saturated carbocycles. The van der Waals surface area contributed by atoms with Crippen LogP contribution in [0.2, 0.25) is 0 Å². The predicted molar refractivity (Wildman–Crippen MR) is 70.7 cm³/mol. The van der Waals surface area contributed by atoms with Gasteiger partial charge in [-0.1, -0.05) is 6.92 Å². The molecule has 0 aromatic heterocycles. The number of carboxylic acids is 1. The fourth-order valence-electron chi connectivity index (χ4n) is 1.17. The molecule has 1 atom stereocenters. The van der Waals surface area contributed by atoms with E-state index < -0.39 is 17.9 Å². The summed E-state index contributed by atoms with van der Waals surface area (Å²) in [6.45, 7) is 7.37. The van der Waals surface area contributed by atoms with Gasteiger partial charge in [-0.2, -0.15) is 0 Å². The van der Waals surface area contributed by atoms with Crippen LogP contribution in [-0.4, -0.2) is 41.6 Å². The third-order valence-electron chi connectivity index (χ3n) is 2.14. The smallest absolute Gasteiger partial charge is 0.314 e. The first-order chi connectivity index (χ1) is 8.61. The van der Waals surface area contributed by atoms with Crippen molar-refractivity contribution in [1.29, 1.82) is 0 Å². The number of amides is 3. The van der Waals surface area contributed by atoms with Gasteiger partial charge < -0.3 is 21.1 Å². The zero-order chi connectivity index (χ0) is 15.1. The first kappa shape index (κ1) is 17.2. The van der Waals surface area contributed by atoms with Crippen LogP contribution in [0, 0.1) is 5.92 Å². The van der Waals surface area contributed by atoms with Crippen LogP contribution in [0.3, 0.4) is 0 Å². The number of rotatable bonds is 6. The molecule has 3 amide bonds. The van der Waals surface area contributed by atoms with Crippen LogP contribution in [0.25, 0.3) is 0 Å². The molecule has 7 nitrogen and oxygen atoms in total. The minimum absolute atomic E-state index is 0.0509. The first-order valence-electron chi connectivity index (χ1n) is 6.17. The van der Waals surface area contributed by atoms with Gasteiger partial charge in [-0.25, -0.2) is 4.79 Å². The van der Waals surface area contributed by atoms with Crippen LogP contribution < -0.4 is 16.0 Å². The van der Waals surface area contributed by atoms with E-state index in [9.17, 15) is 14.4 Å². The maximum atomic E-state index is 11.4. The summed E-state index contributed by atoms with van der Waals surface area (Å²) in [6, 6.07) is -0.475. The summed E-state index contributed by atoms with van der Waals surface area (Å²) >= 11 is 0. The van der Waals surface area contributed by atoms with Crippen molar-refractivity contribution in [3.05, 3.63) is 0 Å². The Hall–Kier alpha value is -1.79. The van der Waals surface area contributed by atoms with Crippen LogP contribution in [0.1, 0.15) is 34.1 Å². The molecule has 0 aliphatic rings. The fourth-order valence-corrected chi connectivity index (χ4v) is 1.17. The Balaban J connectivity index is 3.75. The number of carboxylic acid groups (broad SMARTS) is 1. The lowest BCUT2D eigenvalue weighted by molar-refractivity contribution is -0.140. The SMILES string of the molecule is CC(CNC(=O)NCCC(=O)NC(C)(C)C)C(=O)O. The molecule has 110 valence electrons. The van der Waals surface area contributed by atoms with Crippen molar-refractivity contribution in [2.45, 2.75) is 39.7 Å². The molecular weight excluding hydrogens is 250 g/mol. The van der Waals surface area contributed by atoms with Crippen molar-refractivity contribution in [3.63, 3.8) is 0 Å². The summed E-state index contributed by atoms with van der Waals surface area (Å²) in [6.07, 6.45) is 0.180. The molecule has 19 heavy (non-hydrogen) atoms. The predicted octanol–water partition coefficient (Wildman–Crippen LogP) is 0.311. The summed E-state index contributed by atoms with van der Waals surface area (Å²) in [5, 5.41) is 16.3. The second kappa shape index (κ2) is 7.60. The zero-order valence-electron chi connectivity index (χ0n) is 11.9. The minimum atomic E-state index is -0.968. The van der Waals surface area contributed by atoms with Crippen LogP contribution in [-0.2, 0) is 9.59 Å².